The fourth-order valence-corrected chi connectivity index (χ4v) is 2.28. The number of rotatable bonds is 5. The largest absolute Gasteiger partial charge is 0.416 e. The summed E-state index contributed by atoms with van der Waals surface area (Å²) in [7, 11) is -3.42. The Morgan fingerprint density at radius 2 is 1.87 bits per heavy atom. The van der Waals surface area contributed by atoms with Crippen molar-refractivity contribution in [2.24, 2.45) is 0 Å². The van der Waals surface area contributed by atoms with Crippen LogP contribution in [0.4, 0.5) is 30.4 Å². The zero-order valence-electron chi connectivity index (χ0n) is 12.1. The smallest absolute Gasteiger partial charge is 0.354 e. The second-order valence-corrected chi connectivity index (χ2v) is 6.65. The maximum Gasteiger partial charge on any atom is 0.416 e. The van der Waals surface area contributed by atoms with Gasteiger partial charge in [0.05, 0.1) is 23.2 Å². The first kappa shape index (κ1) is 17.1. The van der Waals surface area contributed by atoms with Crippen molar-refractivity contribution in [1.82, 2.24) is 4.98 Å². The molecule has 1 heterocycles. The summed E-state index contributed by atoms with van der Waals surface area (Å²) in [5, 5.41) is 2.78. The normalized spacial score (nSPS) is 12.0. The molecule has 0 atom stereocenters. The second-order valence-electron chi connectivity index (χ2n) is 4.64. The van der Waals surface area contributed by atoms with E-state index in [-0.39, 0.29) is 17.3 Å². The van der Waals surface area contributed by atoms with Crippen LogP contribution in [0.3, 0.4) is 0 Å². The van der Waals surface area contributed by atoms with Crippen LogP contribution in [0.5, 0.6) is 0 Å². The quantitative estimate of drug-likeness (QED) is 0.868. The molecule has 0 spiro atoms. The van der Waals surface area contributed by atoms with Crippen molar-refractivity contribution in [3.63, 3.8) is 0 Å². The molecule has 23 heavy (non-hydrogen) atoms. The number of hydrogen-bond acceptors (Lipinski definition) is 4. The Hall–Kier alpha value is -2.29. The average Bonchev–Trinajstić information content (AvgIpc) is 2.48. The van der Waals surface area contributed by atoms with Gasteiger partial charge in [0.15, 0.2) is 0 Å². The van der Waals surface area contributed by atoms with Crippen molar-refractivity contribution in [2.45, 2.75) is 13.1 Å². The molecule has 0 radical (unpaired) electrons. The van der Waals surface area contributed by atoms with E-state index in [0.29, 0.717) is 5.69 Å². The average molecular weight is 345 g/mol. The third-order valence-electron chi connectivity index (χ3n) is 2.88. The number of aromatic nitrogens is 1. The van der Waals surface area contributed by atoms with E-state index in [1.165, 1.54) is 37.4 Å². The number of nitrogens with one attached hydrogen (secondary N) is 2. The van der Waals surface area contributed by atoms with Crippen LogP contribution in [0.2, 0.25) is 0 Å². The lowest BCUT2D eigenvalue weighted by molar-refractivity contribution is -0.137. The first-order valence-corrected chi connectivity index (χ1v) is 8.25. The topological polar surface area (TPSA) is 71.1 Å². The SMILES string of the molecule is CCS(=O)(=O)Nc1ccc(Nc2cccc(C(F)(F)F)c2)cn1. The van der Waals surface area contributed by atoms with Crippen molar-refractivity contribution in [3.05, 3.63) is 48.2 Å². The summed E-state index contributed by atoms with van der Waals surface area (Å²) in [5.41, 5.74) is -0.0740. The molecule has 0 aliphatic rings. The number of anilines is 3. The van der Waals surface area contributed by atoms with Crippen LogP contribution in [0.1, 0.15) is 12.5 Å². The monoisotopic (exact) mass is 345 g/mol. The molecule has 2 N–H and O–H groups in total. The molecule has 9 heteroatoms. The van der Waals surface area contributed by atoms with E-state index in [1.54, 1.807) is 0 Å². The Morgan fingerprint density at radius 3 is 2.43 bits per heavy atom. The van der Waals surface area contributed by atoms with Crippen molar-refractivity contribution in [2.75, 3.05) is 15.8 Å². The maximum atomic E-state index is 12.6. The van der Waals surface area contributed by atoms with Gasteiger partial charge in [0, 0.05) is 5.69 Å². The molecule has 0 bridgehead atoms. The Labute approximate surface area is 131 Å². The van der Waals surface area contributed by atoms with Crippen LogP contribution < -0.4 is 10.0 Å². The maximum absolute atomic E-state index is 12.6. The summed E-state index contributed by atoms with van der Waals surface area (Å²) >= 11 is 0. The predicted molar refractivity (Wildman–Crippen MR) is 82.0 cm³/mol. The fraction of sp³-hybridized carbons (Fsp3) is 0.214. The standard InChI is InChI=1S/C14H14F3N3O2S/c1-2-23(21,22)20-13-7-6-12(9-18-13)19-11-5-3-4-10(8-11)14(15,16)17/h3-9,19H,2H2,1H3,(H,18,20). The van der Waals surface area contributed by atoms with E-state index in [4.69, 9.17) is 0 Å². The van der Waals surface area contributed by atoms with E-state index in [2.05, 4.69) is 15.0 Å². The molecule has 124 valence electrons. The fourth-order valence-electron chi connectivity index (χ4n) is 1.70. The van der Waals surface area contributed by atoms with Crippen LogP contribution in [0.15, 0.2) is 42.6 Å². The van der Waals surface area contributed by atoms with E-state index in [9.17, 15) is 21.6 Å². The minimum atomic E-state index is -4.42. The molecule has 0 aliphatic carbocycles. The number of pyridine rings is 1. The number of hydrogen-bond donors (Lipinski definition) is 2. The predicted octanol–water partition coefficient (Wildman–Crippen LogP) is 3.61. The number of benzene rings is 1. The van der Waals surface area contributed by atoms with Gasteiger partial charge >= 0.3 is 6.18 Å². The van der Waals surface area contributed by atoms with Gasteiger partial charge < -0.3 is 5.32 Å². The Bertz CT molecular complexity index is 775. The molecular formula is C14H14F3N3O2S. The zero-order valence-corrected chi connectivity index (χ0v) is 12.9. The minimum absolute atomic E-state index is 0.0844. The van der Waals surface area contributed by atoms with E-state index < -0.39 is 21.8 Å². The molecule has 5 nitrogen and oxygen atoms in total. The Morgan fingerprint density at radius 1 is 1.13 bits per heavy atom. The number of alkyl halides is 3. The van der Waals surface area contributed by atoms with Crippen LogP contribution >= 0.6 is 0 Å². The van der Waals surface area contributed by atoms with Gasteiger partial charge in [0.1, 0.15) is 5.82 Å². The molecular weight excluding hydrogens is 331 g/mol. The van der Waals surface area contributed by atoms with Gasteiger partial charge in [0.25, 0.3) is 0 Å². The van der Waals surface area contributed by atoms with Gasteiger partial charge in [-0.05, 0) is 37.3 Å². The van der Waals surface area contributed by atoms with Gasteiger partial charge in [0.2, 0.25) is 10.0 Å². The second kappa shape index (κ2) is 6.45. The lowest BCUT2D eigenvalue weighted by Gasteiger charge is -2.11. The number of halogens is 3. The van der Waals surface area contributed by atoms with Crippen molar-refractivity contribution in [3.8, 4) is 0 Å². The molecule has 0 unspecified atom stereocenters. The van der Waals surface area contributed by atoms with Crippen molar-refractivity contribution < 1.29 is 21.6 Å². The highest BCUT2D eigenvalue weighted by atomic mass is 32.2. The summed E-state index contributed by atoms with van der Waals surface area (Å²) < 4.78 is 63.0. The summed E-state index contributed by atoms with van der Waals surface area (Å²) in [6.45, 7) is 1.49. The van der Waals surface area contributed by atoms with Gasteiger partial charge in [-0.25, -0.2) is 13.4 Å². The molecule has 0 amide bonds. The van der Waals surface area contributed by atoms with Crippen LogP contribution in [0, 0.1) is 0 Å². The van der Waals surface area contributed by atoms with Crippen LogP contribution in [-0.4, -0.2) is 19.2 Å². The third kappa shape index (κ3) is 4.85. The molecule has 2 rings (SSSR count). The Kier molecular flexibility index (Phi) is 4.79. The first-order valence-electron chi connectivity index (χ1n) is 6.60. The van der Waals surface area contributed by atoms with Crippen LogP contribution in [-0.2, 0) is 16.2 Å². The molecule has 1 aromatic heterocycles. The van der Waals surface area contributed by atoms with Crippen LogP contribution in [0.25, 0.3) is 0 Å². The minimum Gasteiger partial charge on any atom is -0.354 e. The van der Waals surface area contributed by atoms with Gasteiger partial charge in [-0.2, -0.15) is 13.2 Å². The lowest BCUT2D eigenvalue weighted by Crippen LogP contribution is -2.15. The van der Waals surface area contributed by atoms with E-state index in [0.717, 1.165) is 12.1 Å². The first-order chi connectivity index (χ1) is 10.7. The lowest BCUT2D eigenvalue weighted by atomic mass is 10.2. The van der Waals surface area contributed by atoms with Gasteiger partial charge in [-0.15, -0.1) is 0 Å². The highest BCUT2D eigenvalue weighted by Crippen LogP contribution is 2.31. The van der Waals surface area contributed by atoms with E-state index >= 15 is 0 Å². The summed E-state index contributed by atoms with van der Waals surface area (Å²) in [5.74, 6) is 0.0558. The molecule has 0 aliphatic heterocycles. The highest BCUT2D eigenvalue weighted by Gasteiger charge is 2.30. The highest BCUT2D eigenvalue weighted by molar-refractivity contribution is 7.92. The summed E-state index contributed by atoms with van der Waals surface area (Å²) in [6.07, 6.45) is -3.09. The van der Waals surface area contributed by atoms with Gasteiger partial charge in [-0.1, -0.05) is 6.07 Å². The molecule has 0 saturated heterocycles. The summed E-state index contributed by atoms with van der Waals surface area (Å²) in [4.78, 5) is 3.90. The number of sulfonamides is 1. The summed E-state index contributed by atoms with van der Waals surface area (Å²) in [6, 6.07) is 7.68. The third-order valence-corrected chi connectivity index (χ3v) is 4.16. The molecule has 1 aromatic carbocycles. The Balaban J connectivity index is 2.13. The molecule has 0 fully saturated rings. The van der Waals surface area contributed by atoms with Gasteiger partial charge in [-0.3, -0.25) is 4.72 Å². The van der Waals surface area contributed by atoms with E-state index in [1.807, 2.05) is 0 Å². The number of nitrogens with zero attached hydrogens (tertiary/aromatic N) is 1. The molecule has 0 saturated carbocycles. The zero-order chi connectivity index (χ0) is 17.1. The van der Waals surface area contributed by atoms with Crippen molar-refractivity contribution in [1.29, 1.82) is 0 Å². The van der Waals surface area contributed by atoms with Crippen molar-refractivity contribution >= 4 is 27.2 Å². The molecule has 2 aromatic rings.